The van der Waals surface area contributed by atoms with Crippen LogP contribution in [0.3, 0.4) is 0 Å². The average molecular weight is 266 g/mol. The second-order valence-electron chi connectivity index (χ2n) is 5.02. The summed E-state index contributed by atoms with van der Waals surface area (Å²) in [4.78, 5) is 12.7. The number of hydrogen-bond acceptors (Lipinski definition) is 2. The van der Waals surface area contributed by atoms with E-state index in [9.17, 15) is 14.3 Å². The fourth-order valence-corrected chi connectivity index (χ4v) is 2.70. The monoisotopic (exact) mass is 266 g/mol. The molecule has 1 aliphatic carbocycles. The van der Waals surface area contributed by atoms with E-state index in [1.807, 2.05) is 0 Å². The molecule has 0 aromatic heterocycles. The summed E-state index contributed by atoms with van der Waals surface area (Å²) in [6.07, 6.45) is 2.22. The highest BCUT2D eigenvalue weighted by atomic mass is 19.1. The Morgan fingerprint density at radius 1 is 1.47 bits per heavy atom. The summed E-state index contributed by atoms with van der Waals surface area (Å²) < 4.78 is 13.1. The smallest absolute Gasteiger partial charge is 0.407 e. The zero-order chi connectivity index (χ0) is 13.8. The lowest BCUT2D eigenvalue weighted by Gasteiger charge is -2.29. The Kier molecular flexibility index (Phi) is 4.37. The molecule has 0 radical (unpaired) electrons. The van der Waals surface area contributed by atoms with Crippen molar-refractivity contribution in [3.63, 3.8) is 0 Å². The molecular weight excluding hydrogens is 247 g/mol. The number of halogens is 1. The Morgan fingerprint density at radius 2 is 2.26 bits per heavy atom. The van der Waals surface area contributed by atoms with Crippen molar-refractivity contribution in [3.05, 3.63) is 35.6 Å². The molecule has 104 valence electrons. The highest BCUT2D eigenvalue weighted by molar-refractivity contribution is 5.65. The molecule has 2 rings (SSSR count). The highest BCUT2D eigenvalue weighted by Crippen LogP contribution is 2.23. The lowest BCUT2D eigenvalue weighted by Crippen LogP contribution is -2.47. The first-order valence-electron chi connectivity index (χ1n) is 6.57. The van der Waals surface area contributed by atoms with Gasteiger partial charge in [0, 0.05) is 12.6 Å². The van der Waals surface area contributed by atoms with Crippen LogP contribution in [0.1, 0.15) is 24.8 Å². The first kappa shape index (κ1) is 13.8. The molecule has 1 saturated carbocycles. The molecule has 1 fully saturated rings. The standard InChI is InChI=1S/C14H19FN2O2/c15-11-4-1-3-10(9-11)7-8-17(14(18)19)13-6-2-5-12(13)16/h1,3-4,9,12-13H,2,5-8,16H2,(H,18,19)/t12-,13+/m1/s1. The molecule has 1 aromatic rings. The van der Waals surface area contributed by atoms with Crippen molar-refractivity contribution in [2.45, 2.75) is 37.8 Å². The molecule has 0 bridgehead atoms. The van der Waals surface area contributed by atoms with Gasteiger partial charge in [-0.1, -0.05) is 12.1 Å². The molecule has 2 atom stereocenters. The van der Waals surface area contributed by atoms with E-state index in [1.165, 1.54) is 17.0 Å². The maximum absolute atomic E-state index is 13.1. The lowest BCUT2D eigenvalue weighted by molar-refractivity contribution is 0.121. The number of nitrogens with zero attached hydrogens (tertiary/aromatic N) is 1. The first-order chi connectivity index (χ1) is 9.08. The Bertz CT molecular complexity index is 453. The van der Waals surface area contributed by atoms with Crippen LogP contribution in [0, 0.1) is 5.82 Å². The van der Waals surface area contributed by atoms with Crippen LogP contribution in [0.5, 0.6) is 0 Å². The molecule has 0 aliphatic heterocycles. The zero-order valence-electron chi connectivity index (χ0n) is 10.8. The van der Waals surface area contributed by atoms with Crippen molar-refractivity contribution in [1.82, 2.24) is 4.90 Å². The molecule has 1 amide bonds. The van der Waals surface area contributed by atoms with E-state index in [1.54, 1.807) is 12.1 Å². The molecule has 0 spiro atoms. The number of carboxylic acid groups (broad SMARTS) is 1. The summed E-state index contributed by atoms with van der Waals surface area (Å²) in [6, 6.07) is 6.07. The van der Waals surface area contributed by atoms with Crippen molar-refractivity contribution in [1.29, 1.82) is 0 Å². The maximum atomic E-state index is 13.1. The summed E-state index contributed by atoms with van der Waals surface area (Å²) >= 11 is 0. The van der Waals surface area contributed by atoms with Gasteiger partial charge in [-0.05, 0) is 43.4 Å². The number of hydrogen-bond donors (Lipinski definition) is 2. The first-order valence-corrected chi connectivity index (χ1v) is 6.57. The Morgan fingerprint density at radius 3 is 2.84 bits per heavy atom. The van der Waals surface area contributed by atoms with Crippen LogP contribution >= 0.6 is 0 Å². The molecule has 0 unspecified atom stereocenters. The van der Waals surface area contributed by atoms with Crippen LogP contribution in [0.4, 0.5) is 9.18 Å². The van der Waals surface area contributed by atoms with E-state index < -0.39 is 6.09 Å². The van der Waals surface area contributed by atoms with Gasteiger partial charge in [-0.25, -0.2) is 9.18 Å². The molecule has 19 heavy (non-hydrogen) atoms. The van der Waals surface area contributed by atoms with E-state index in [0.717, 1.165) is 24.8 Å². The zero-order valence-corrected chi connectivity index (χ0v) is 10.8. The summed E-state index contributed by atoms with van der Waals surface area (Å²) in [5, 5.41) is 9.28. The number of amides is 1. The van der Waals surface area contributed by atoms with E-state index in [-0.39, 0.29) is 17.9 Å². The van der Waals surface area contributed by atoms with Crippen LogP contribution < -0.4 is 5.73 Å². The Hall–Kier alpha value is -1.62. The third-order valence-corrected chi connectivity index (χ3v) is 3.71. The van der Waals surface area contributed by atoms with Gasteiger partial charge in [0.15, 0.2) is 0 Å². The van der Waals surface area contributed by atoms with Crippen LogP contribution in [-0.2, 0) is 6.42 Å². The van der Waals surface area contributed by atoms with Gasteiger partial charge in [0.1, 0.15) is 5.82 Å². The molecular formula is C14H19FN2O2. The third-order valence-electron chi connectivity index (χ3n) is 3.71. The molecule has 5 heteroatoms. The van der Waals surface area contributed by atoms with Crippen molar-refractivity contribution in [2.75, 3.05) is 6.54 Å². The van der Waals surface area contributed by atoms with Crippen LogP contribution in [0.25, 0.3) is 0 Å². The number of carbonyl (C=O) groups is 1. The van der Waals surface area contributed by atoms with Crippen LogP contribution in [-0.4, -0.2) is 34.7 Å². The number of nitrogens with two attached hydrogens (primary N) is 1. The van der Waals surface area contributed by atoms with Crippen molar-refractivity contribution < 1.29 is 14.3 Å². The molecule has 3 N–H and O–H groups in total. The van der Waals surface area contributed by atoms with Gasteiger partial charge in [0.25, 0.3) is 0 Å². The number of benzene rings is 1. The summed E-state index contributed by atoms with van der Waals surface area (Å²) in [7, 11) is 0. The topological polar surface area (TPSA) is 66.6 Å². The summed E-state index contributed by atoms with van der Waals surface area (Å²) in [5.74, 6) is -0.294. The minimum absolute atomic E-state index is 0.0800. The quantitative estimate of drug-likeness (QED) is 0.878. The molecule has 0 heterocycles. The largest absolute Gasteiger partial charge is 0.465 e. The fourth-order valence-electron chi connectivity index (χ4n) is 2.70. The Labute approximate surface area is 112 Å². The molecule has 1 aliphatic rings. The van der Waals surface area contributed by atoms with E-state index in [0.29, 0.717) is 13.0 Å². The van der Waals surface area contributed by atoms with Crippen LogP contribution in [0.2, 0.25) is 0 Å². The van der Waals surface area contributed by atoms with Gasteiger partial charge in [-0.2, -0.15) is 0 Å². The maximum Gasteiger partial charge on any atom is 0.407 e. The second kappa shape index (κ2) is 6.02. The SMILES string of the molecule is N[C@@H]1CCC[C@@H]1N(CCc1cccc(F)c1)C(=O)O. The minimum atomic E-state index is -0.946. The van der Waals surface area contributed by atoms with Crippen LogP contribution in [0.15, 0.2) is 24.3 Å². The van der Waals surface area contributed by atoms with E-state index >= 15 is 0 Å². The van der Waals surface area contributed by atoms with E-state index in [4.69, 9.17) is 5.73 Å². The highest BCUT2D eigenvalue weighted by Gasteiger charge is 2.32. The fraction of sp³-hybridized carbons (Fsp3) is 0.500. The minimum Gasteiger partial charge on any atom is -0.465 e. The molecule has 4 nitrogen and oxygen atoms in total. The normalized spacial score (nSPS) is 22.4. The van der Waals surface area contributed by atoms with Crippen molar-refractivity contribution in [3.8, 4) is 0 Å². The third kappa shape index (κ3) is 3.44. The van der Waals surface area contributed by atoms with Gasteiger partial charge in [0.05, 0.1) is 6.04 Å². The van der Waals surface area contributed by atoms with E-state index in [2.05, 4.69) is 0 Å². The van der Waals surface area contributed by atoms with Gasteiger partial charge in [-0.3, -0.25) is 0 Å². The lowest BCUT2D eigenvalue weighted by atomic mass is 10.1. The average Bonchev–Trinajstić information content (AvgIpc) is 2.76. The second-order valence-corrected chi connectivity index (χ2v) is 5.02. The van der Waals surface area contributed by atoms with Crippen molar-refractivity contribution in [2.24, 2.45) is 5.73 Å². The van der Waals surface area contributed by atoms with Crippen molar-refractivity contribution >= 4 is 6.09 Å². The van der Waals surface area contributed by atoms with Gasteiger partial charge in [-0.15, -0.1) is 0 Å². The summed E-state index contributed by atoms with van der Waals surface area (Å²) in [6.45, 7) is 0.358. The Balaban J connectivity index is 1.99. The summed E-state index contributed by atoms with van der Waals surface area (Å²) in [5.41, 5.74) is 6.75. The van der Waals surface area contributed by atoms with Gasteiger partial charge >= 0.3 is 6.09 Å². The predicted octanol–water partition coefficient (Wildman–Crippen LogP) is 2.23. The predicted molar refractivity (Wildman–Crippen MR) is 70.4 cm³/mol. The van der Waals surface area contributed by atoms with Gasteiger partial charge in [0.2, 0.25) is 0 Å². The van der Waals surface area contributed by atoms with Gasteiger partial charge < -0.3 is 15.7 Å². The molecule has 0 saturated heterocycles. The number of rotatable bonds is 4. The molecule has 1 aromatic carbocycles.